The third-order valence-corrected chi connectivity index (χ3v) is 7.14. The first-order valence-corrected chi connectivity index (χ1v) is 11.5. The second kappa shape index (κ2) is 10.5. The largest absolute Gasteiger partial charge is 0.346 e. The van der Waals surface area contributed by atoms with Crippen LogP contribution in [0.2, 0.25) is 0 Å². The molecule has 158 valence electrons. The number of nitrogens with zero attached hydrogens (tertiary/aromatic N) is 1. The Morgan fingerprint density at radius 3 is 2.28 bits per heavy atom. The van der Waals surface area contributed by atoms with Crippen molar-refractivity contribution < 1.29 is 18.1 Å². The fraction of sp³-hybridized carbons (Fsp3) is 0.409. The molecular weight excluding hydrogens is 386 g/mol. The minimum atomic E-state index is -3.59. The SMILES string of the molecule is CCN(CC)S(=O)(=O)c1cccc(C(=O)NC[C@@H](Cc2ccccc2)[NH+](C)C)c1. The van der Waals surface area contributed by atoms with E-state index >= 15 is 0 Å². The Morgan fingerprint density at radius 1 is 1.03 bits per heavy atom. The lowest BCUT2D eigenvalue weighted by atomic mass is 10.1. The minimum Gasteiger partial charge on any atom is -0.346 e. The summed E-state index contributed by atoms with van der Waals surface area (Å²) in [5, 5.41) is 2.97. The van der Waals surface area contributed by atoms with Crippen molar-refractivity contribution in [3.05, 3.63) is 65.7 Å². The number of carbonyl (C=O) groups excluding carboxylic acids is 1. The molecular formula is C22H32N3O3S+. The lowest BCUT2D eigenvalue weighted by Crippen LogP contribution is -3.11. The van der Waals surface area contributed by atoms with Gasteiger partial charge in [-0.05, 0) is 23.8 Å². The number of carbonyl (C=O) groups is 1. The van der Waals surface area contributed by atoms with Crippen molar-refractivity contribution in [3.8, 4) is 0 Å². The van der Waals surface area contributed by atoms with E-state index in [1.54, 1.807) is 26.0 Å². The van der Waals surface area contributed by atoms with Gasteiger partial charge in [0.05, 0.1) is 25.5 Å². The summed E-state index contributed by atoms with van der Waals surface area (Å²) in [7, 11) is 0.540. The van der Waals surface area contributed by atoms with Crippen LogP contribution >= 0.6 is 0 Å². The molecule has 0 unspecified atom stereocenters. The summed E-state index contributed by atoms with van der Waals surface area (Å²) in [6, 6.07) is 16.6. The third kappa shape index (κ3) is 6.13. The number of rotatable bonds is 10. The molecule has 0 aliphatic heterocycles. The molecule has 0 fully saturated rings. The van der Waals surface area contributed by atoms with Crippen LogP contribution in [0.3, 0.4) is 0 Å². The highest BCUT2D eigenvalue weighted by Crippen LogP contribution is 2.17. The average Bonchev–Trinajstić information content (AvgIpc) is 2.72. The van der Waals surface area contributed by atoms with Gasteiger partial charge in [-0.15, -0.1) is 0 Å². The second-order valence-electron chi connectivity index (χ2n) is 7.29. The number of hydrogen-bond acceptors (Lipinski definition) is 3. The zero-order valence-electron chi connectivity index (χ0n) is 17.7. The van der Waals surface area contributed by atoms with Crippen LogP contribution in [0.5, 0.6) is 0 Å². The fourth-order valence-corrected chi connectivity index (χ4v) is 4.71. The first kappa shape index (κ1) is 23.1. The Labute approximate surface area is 174 Å². The molecule has 0 saturated carbocycles. The van der Waals surface area contributed by atoms with Crippen LogP contribution < -0.4 is 10.2 Å². The highest BCUT2D eigenvalue weighted by atomic mass is 32.2. The van der Waals surface area contributed by atoms with Crippen molar-refractivity contribution >= 4 is 15.9 Å². The minimum absolute atomic E-state index is 0.146. The summed E-state index contributed by atoms with van der Waals surface area (Å²) in [5.41, 5.74) is 1.57. The van der Waals surface area contributed by atoms with Gasteiger partial charge in [-0.25, -0.2) is 8.42 Å². The molecule has 0 radical (unpaired) electrons. The number of nitrogens with one attached hydrogen (secondary N) is 2. The first-order valence-electron chi connectivity index (χ1n) is 10.0. The second-order valence-corrected chi connectivity index (χ2v) is 9.23. The number of likely N-dealkylation sites (N-methyl/N-ethyl adjacent to an activating group) is 1. The first-order chi connectivity index (χ1) is 13.8. The molecule has 2 aromatic rings. The Morgan fingerprint density at radius 2 is 1.69 bits per heavy atom. The monoisotopic (exact) mass is 418 g/mol. The molecule has 0 bridgehead atoms. The lowest BCUT2D eigenvalue weighted by Gasteiger charge is -2.22. The van der Waals surface area contributed by atoms with Gasteiger partial charge in [0.1, 0.15) is 6.04 Å². The highest BCUT2D eigenvalue weighted by molar-refractivity contribution is 7.89. The van der Waals surface area contributed by atoms with E-state index in [9.17, 15) is 13.2 Å². The summed E-state index contributed by atoms with van der Waals surface area (Å²) >= 11 is 0. The Hall–Kier alpha value is -2.22. The maximum Gasteiger partial charge on any atom is 0.251 e. The molecule has 1 atom stereocenters. The van der Waals surface area contributed by atoms with Crippen LogP contribution in [0, 0.1) is 0 Å². The zero-order chi connectivity index (χ0) is 21.4. The van der Waals surface area contributed by atoms with E-state index < -0.39 is 10.0 Å². The molecule has 0 spiro atoms. The number of quaternary nitrogens is 1. The van der Waals surface area contributed by atoms with Crippen molar-refractivity contribution in [3.63, 3.8) is 0 Å². The van der Waals surface area contributed by atoms with Crippen LogP contribution in [-0.2, 0) is 16.4 Å². The van der Waals surface area contributed by atoms with Gasteiger partial charge in [0, 0.05) is 25.1 Å². The Balaban J connectivity index is 2.10. The molecule has 0 aliphatic carbocycles. The third-order valence-electron chi connectivity index (χ3n) is 5.09. The van der Waals surface area contributed by atoms with Gasteiger partial charge in [0.15, 0.2) is 0 Å². The summed E-state index contributed by atoms with van der Waals surface area (Å²) in [4.78, 5) is 14.1. The van der Waals surface area contributed by atoms with Crippen LogP contribution in [-0.4, -0.2) is 58.4 Å². The van der Waals surface area contributed by atoms with Gasteiger partial charge in [-0.1, -0.05) is 50.2 Å². The Bertz CT molecular complexity index is 895. The summed E-state index contributed by atoms with van der Waals surface area (Å²) in [6.45, 7) is 4.88. The van der Waals surface area contributed by atoms with Gasteiger partial charge in [0.25, 0.3) is 5.91 Å². The van der Waals surface area contributed by atoms with Gasteiger partial charge in [-0.2, -0.15) is 4.31 Å². The van der Waals surface area contributed by atoms with Crippen molar-refractivity contribution in [1.82, 2.24) is 9.62 Å². The fourth-order valence-electron chi connectivity index (χ4n) is 3.21. The summed E-state index contributed by atoms with van der Waals surface area (Å²) in [5.74, 6) is -0.263. The van der Waals surface area contributed by atoms with E-state index in [0.29, 0.717) is 25.2 Å². The van der Waals surface area contributed by atoms with E-state index in [1.807, 2.05) is 18.2 Å². The van der Waals surface area contributed by atoms with E-state index in [2.05, 4.69) is 31.5 Å². The van der Waals surface area contributed by atoms with Crippen molar-refractivity contribution in [2.45, 2.75) is 31.2 Å². The predicted molar refractivity (Wildman–Crippen MR) is 116 cm³/mol. The standard InChI is InChI=1S/C22H31N3O3S/c1-5-25(6-2)29(27,28)21-14-10-13-19(16-21)22(26)23-17-20(24(3)4)15-18-11-8-7-9-12-18/h7-14,16,20H,5-6,15,17H2,1-4H3,(H,23,26)/p+1/t20-/m1/s1. The van der Waals surface area contributed by atoms with E-state index in [0.717, 1.165) is 6.42 Å². The molecule has 0 saturated heterocycles. The smallest absolute Gasteiger partial charge is 0.251 e. The number of benzene rings is 2. The van der Waals surface area contributed by atoms with Crippen LogP contribution in [0.15, 0.2) is 59.5 Å². The summed E-state index contributed by atoms with van der Waals surface area (Å²) in [6.07, 6.45) is 0.847. The quantitative estimate of drug-likeness (QED) is 0.609. The van der Waals surface area contributed by atoms with Gasteiger partial charge >= 0.3 is 0 Å². The van der Waals surface area contributed by atoms with E-state index in [1.165, 1.54) is 26.9 Å². The van der Waals surface area contributed by atoms with E-state index in [4.69, 9.17) is 0 Å². The van der Waals surface area contributed by atoms with Crippen LogP contribution in [0.1, 0.15) is 29.8 Å². The molecule has 1 amide bonds. The molecule has 29 heavy (non-hydrogen) atoms. The van der Waals surface area contributed by atoms with Crippen molar-refractivity contribution in [1.29, 1.82) is 0 Å². The maximum absolute atomic E-state index is 12.7. The maximum atomic E-state index is 12.7. The number of sulfonamides is 1. The van der Waals surface area contributed by atoms with E-state index in [-0.39, 0.29) is 16.8 Å². The molecule has 2 rings (SSSR count). The van der Waals surface area contributed by atoms with Gasteiger partial charge < -0.3 is 10.2 Å². The molecule has 6 nitrogen and oxygen atoms in total. The number of amides is 1. The molecule has 0 aliphatic rings. The number of hydrogen-bond donors (Lipinski definition) is 2. The molecule has 2 aromatic carbocycles. The summed E-state index contributed by atoms with van der Waals surface area (Å²) < 4.78 is 26.8. The van der Waals surface area contributed by atoms with Crippen LogP contribution in [0.25, 0.3) is 0 Å². The topological polar surface area (TPSA) is 70.9 Å². The molecule has 2 N–H and O–H groups in total. The predicted octanol–water partition coefficient (Wildman–Crippen LogP) is 1.20. The van der Waals surface area contributed by atoms with Gasteiger partial charge in [0.2, 0.25) is 10.0 Å². The normalized spacial score (nSPS) is 12.9. The zero-order valence-corrected chi connectivity index (χ0v) is 18.5. The molecule has 7 heteroatoms. The molecule has 0 heterocycles. The Kier molecular flexibility index (Phi) is 8.37. The average molecular weight is 419 g/mol. The lowest BCUT2D eigenvalue weighted by molar-refractivity contribution is -0.884. The highest BCUT2D eigenvalue weighted by Gasteiger charge is 2.23. The van der Waals surface area contributed by atoms with Crippen molar-refractivity contribution in [2.24, 2.45) is 0 Å². The van der Waals surface area contributed by atoms with Crippen LogP contribution in [0.4, 0.5) is 0 Å². The van der Waals surface area contributed by atoms with Gasteiger partial charge in [-0.3, -0.25) is 4.79 Å². The molecule has 0 aromatic heterocycles. The van der Waals surface area contributed by atoms with Crippen molar-refractivity contribution in [2.75, 3.05) is 33.7 Å².